The second-order valence-electron chi connectivity index (χ2n) is 2.69. The molecular formula is C9H13ClN2. The minimum Gasteiger partial charge on any atom is -0.323 e. The van der Waals surface area contributed by atoms with E-state index in [-0.39, 0.29) is 6.04 Å². The molecule has 66 valence electrons. The highest BCUT2D eigenvalue weighted by molar-refractivity contribution is 6.17. The van der Waals surface area contributed by atoms with Crippen molar-refractivity contribution in [3.05, 3.63) is 30.1 Å². The van der Waals surface area contributed by atoms with Crippen LogP contribution >= 0.6 is 11.6 Å². The largest absolute Gasteiger partial charge is 0.323 e. The fourth-order valence-electron chi connectivity index (χ4n) is 1.04. The van der Waals surface area contributed by atoms with Crippen LogP contribution in [0.25, 0.3) is 0 Å². The van der Waals surface area contributed by atoms with Gasteiger partial charge in [-0.25, -0.2) is 0 Å². The summed E-state index contributed by atoms with van der Waals surface area (Å²) in [6.07, 6.45) is 3.61. The van der Waals surface area contributed by atoms with Crippen LogP contribution < -0.4 is 5.73 Å². The van der Waals surface area contributed by atoms with Gasteiger partial charge in [0, 0.05) is 18.1 Å². The number of aromatic nitrogens is 1. The first-order valence-corrected chi connectivity index (χ1v) is 4.60. The van der Waals surface area contributed by atoms with Gasteiger partial charge in [-0.2, -0.15) is 0 Å². The standard InChI is InChI=1S/C9H13ClN2/c10-6-3-4-8(11)9-5-1-2-7-12-9/h1-2,5,7-8H,3-4,6,11H2. The molecule has 3 heteroatoms. The van der Waals surface area contributed by atoms with E-state index in [4.69, 9.17) is 17.3 Å². The summed E-state index contributed by atoms with van der Waals surface area (Å²) < 4.78 is 0. The average molecular weight is 185 g/mol. The van der Waals surface area contributed by atoms with Crippen LogP contribution in [0, 0.1) is 0 Å². The maximum Gasteiger partial charge on any atom is 0.0570 e. The Kier molecular flexibility index (Phi) is 4.05. The smallest absolute Gasteiger partial charge is 0.0570 e. The highest BCUT2D eigenvalue weighted by Gasteiger charge is 2.04. The van der Waals surface area contributed by atoms with Crippen LogP contribution in [-0.2, 0) is 0 Å². The summed E-state index contributed by atoms with van der Waals surface area (Å²) >= 11 is 5.56. The normalized spacial score (nSPS) is 12.8. The van der Waals surface area contributed by atoms with E-state index in [0.29, 0.717) is 5.88 Å². The molecule has 0 aliphatic rings. The molecule has 12 heavy (non-hydrogen) atoms. The average Bonchev–Trinajstić information content (AvgIpc) is 2.15. The van der Waals surface area contributed by atoms with E-state index in [2.05, 4.69) is 4.98 Å². The monoisotopic (exact) mass is 184 g/mol. The molecule has 0 aliphatic carbocycles. The molecule has 0 bridgehead atoms. The zero-order chi connectivity index (χ0) is 8.81. The molecule has 2 N–H and O–H groups in total. The van der Waals surface area contributed by atoms with Gasteiger partial charge < -0.3 is 5.73 Å². The van der Waals surface area contributed by atoms with Gasteiger partial charge in [0.2, 0.25) is 0 Å². The van der Waals surface area contributed by atoms with Gasteiger partial charge in [0.1, 0.15) is 0 Å². The van der Waals surface area contributed by atoms with Crippen molar-refractivity contribution in [1.29, 1.82) is 0 Å². The summed E-state index contributed by atoms with van der Waals surface area (Å²) in [6, 6.07) is 5.81. The molecular weight excluding hydrogens is 172 g/mol. The van der Waals surface area contributed by atoms with Crippen LogP contribution in [0.3, 0.4) is 0 Å². The van der Waals surface area contributed by atoms with Crippen LogP contribution in [0.5, 0.6) is 0 Å². The van der Waals surface area contributed by atoms with Crippen molar-refractivity contribution < 1.29 is 0 Å². The molecule has 1 aromatic heterocycles. The Morgan fingerprint density at radius 1 is 1.50 bits per heavy atom. The van der Waals surface area contributed by atoms with Crippen molar-refractivity contribution in [3.63, 3.8) is 0 Å². The molecule has 1 rings (SSSR count). The summed E-state index contributed by atoms with van der Waals surface area (Å²) in [5.74, 6) is 0.667. The fraction of sp³-hybridized carbons (Fsp3) is 0.444. The highest BCUT2D eigenvalue weighted by atomic mass is 35.5. The van der Waals surface area contributed by atoms with E-state index in [1.807, 2.05) is 18.2 Å². The molecule has 1 aromatic rings. The van der Waals surface area contributed by atoms with Gasteiger partial charge in [-0.05, 0) is 25.0 Å². The van der Waals surface area contributed by atoms with E-state index in [9.17, 15) is 0 Å². The minimum absolute atomic E-state index is 0.0324. The maximum absolute atomic E-state index is 5.86. The molecule has 0 aliphatic heterocycles. The number of rotatable bonds is 4. The SMILES string of the molecule is NC(CCCCl)c1ccccn1. The Labute approximate surface area is 77.8 Å². The van der Waals surface area contributed by atoms with Gasteiger partial charge in [-0.1, -0.05) is 6.07 Å². The Balaban J connectivity index is 2.48. The van der Waals surface area contributed by atoms with Gasteiger partial charge >= 0.3 is 0 Å². The minimum atomic E-state index is 0.0324. The molecule has 2 nitrogen and oxygen atoms in total. The lowest BCUT2D eigenvalue weighted by Gasteiger charge is -2.08. The number of alkyl halides is 1. The Hall–Kier alpha value is -0.600. The predicted molar refractivity (Wildman–Crippen MR) is 51.1 cm³/mol. The van der Waals surface area contributed by atoms with E-state index in [0.717, 1.165) is 18.5 Å². The molecule has 0 aromatic carbocycles. The molecule has 0 amide bonds. The number of hydrogen-bond donors (Lipinski definition) is 1. The van der Waals surface area contributed by atoms with Crippen molar-refractivity contribution in [2.24, 2.45) is 5.73 Å². The van der Waals surface area contributed by atoms with Crippen molar-refractivity contribution in [1.82, 2.24) is 4.98 Å². The van der Waals surface area contributed by atoms with Crippen LogP contribution in [0.4, 0.5) is 0 Å². The zero-order valence-electron chi connectivity index (χ0n) is 6.91. The van der Waals surface area contributed by atoms with Gasteiger partial charge in [0.25, 0.3) is 0 Å². The molecule has 0 saturated carbocycles. The molecule has 0 spiro atoms. The summed E-state index contributed by atoms with van der Waals surface area (Å²) in [5.41, 5.74) is 6.81. The van der Waals surface area contributed by atoms with Crippen LogP contribution in [0.15, 0.2) is 24.4 Å². The molecule has 1 heterocycles. The van der Waals surface area contributed by atoms with Crippen LogP contribution in [-0.4, -0.2) is 10.9 Å². The van der Waals surface area contributed by atoms with Gasteiger partial charge in [0.15, 0.2) is 0 Å². The van der Waals surface area contributed by atoms with Crippen LogP contribution in [0.2, 0.25) is 0 Å². The number of pyridine rings is 1. The van der Waals surface area contributed by atoms with E-state index < -0.39 is 0 Å². The number of nitrogens with two attached hydrogens (primary N) is 1. The highest BCUT2D eigenvalue weighted by Crippen LogP contribution is 2.12. The van der Waals surface area contributed by atoms with Gasteiger partial charge in [-0.3, -0.25) is 4.98 Å². The third-order valence-electron chi connectivity index (χ3n) is 1.72. The van der Waals surface area contributed by atoms with Crippen molar-refractivity contribution in [2.45, 2.75) is 18.9 Å². The topological polar surface area (TPSA) is 38.9 Å². The van der Waals surface area contributed by atoms with Crippen molar-refractivity contribution in [2.75, 3.05) is 5.88 Å². The van der Waals surface area contributed by atoms with Crippen LogP contribution in [0.1, 0.15) is 24.6 Å². The van der Waals surface area contributed by atoms with Crippen molar-refractivity contribution in [3.8, 4) is 0 Å². The number of nitrogens with zero attached hydrogens (tertiary/aromatic N) is 1. The molecule has 1 atom stereocenters. The van der Waals surface area contributed by atoms with E-state index in [1.165, 1.54) is 0 Å². The molecule has 1 unspecified atom stereocenters. The Morgan fingerprint density at radius 2 is 2.33 bits per heavy atom. The number of hydrogen-bond acceptors (Lipinski definition) is 2. The summed E-state index contributed by atoms with van der Waals surface area (Å²) in [4.78, 5) is 4.16. The second-order valence-corrected chi connectivity index (χ2v) is 3.07. The van der Waals surface area contributed by atoms with Crippen molar-refractivity contribution >= 4 is 11.6 Å². The molecule has 0 radical (unpaired) electrons. The summed E-state index contributed by atoms with van der Waals surface area (Å²) in [7, 11) is 0. The third kappa shape index (κ3) is 2.80. The Bertz CT molecular complexity index is 213. The zero-order valence-corrected chi connectivity index (χ0v) is 7.67. The summed E-state index contributed by atoms with van der Waals surface area (Å²) in [6.45, 7) is 0. The fourth-order valence-corrected chi connectivity index (χ4v) is 1.19. The quantitative estimate of drug-likeness (QED) is 0.728. The number of halogens is 1. The first kappa shape index (κ1) is 9.49. The van der Waals surface area contributed by atoms with E-state index in [1.54, 1.807) is 6.20 Å². The summed E-state index contributed by atoms with van der Waals surface area (Å²) in [5, 5.41) is 0. The maximum atomic E-state index is 5.86. The predicted octanol–water partition coefficient (Wildman–Crippen LogP) is 2.10. The van der Waals surface area contributed by atoms with Gasteiger partial charge in [0.05, 0.1) is 5.69 Å². The van der Waals surface area contributed by atoms with Gasteiger partial charge in [-0.15, -0.1) is 11.6 Å². The lowest BCUT2D eigenvalue weighted by molar-refractivity contribution is 0.624. The molecule has 0 fully saturated rings. The first-order chi connectivity index (χ1) is 5.84. The lowest BCUT2D eigenvalue weighted by atomic mass is 10.1. The third-order valence-corrected chi connectivity index (χ3v) is 1.98. The van der Waals surface area contributed by atoms with E-state index >= 15 is 0 Å². The first-order valence-electron chi connectivity index (χ1n) is 4.07. The molecule has 0 saturated heterocycles. The Morgan fingerprint density at radius 3 is 2.92 bits per heavy atom. The lowest BCUT2D eigenvalue weighted by Crippen LogP contribution is -2.11. The second kappa shape index (κ2) is 5.12.